The summed E-state index contributed by atoms with van der Waals surface area (Å²) < 4.78 is 2.72. The summed E-state index contributed by atoms with van der Waals surface area (Å²) >= 11 is 1.54. The molecule has 0 amide bonds. The van der Waals surface area contributed by atoms with Crippen molar-refractivity contribution in [2.45, 2.75) is 0 Å². The molecule has 2 heterocycles. The number of thiazole rings is 1. The molecule has 1 N–H and O–H groups in total. The van der Waals surface area contributed by atoms with Crippen molar-refractivity contribution in [3.8, 4) is 10.6 Å². The molecule has 4 rings (SSSR count). The first-order chi connectivity index (χ1) is 11.5. The first kappa shape index (κ1) is 14.6. The van der Waals surface area contributed by atoms with Crippen LogP contribution in [0.1, 0.15) is 10.4 Å². The SMILES string of the molecule is Cn1cc(C(=O)O)c(=O)c2cc(-c3nc4ccccc4s3)ccc21. The lowest BCUT2D eigenvalue weighted by Crippen LogP contribution is -2.17. The number of hydrogen-bond acceptors (Lipinski definition) is 4. The Morgan fingerprint density at radius 1 is 1.21 bits per heavy atom. The van der Waals surface area contributed by atoms with Crippen LogP contribution in [0.5, 0.6) is 0 Å². The average Bonchev–Trinajstić information content (AvgIpc) is 3.01. The number of aryl methyl sites for hydroxylation is 1. The van der Waals surface area contributed by atoms with Gasteiger partial charge in [-0.1, -0.05) is 12.1 Å². The van der Waals surface area contributed by atoms with Crippen LogP contribution in [-0.2, 0) is 7.05 Å². The van der Waals surface area contributed by atoms with Gasteiger partial charge in [-0.05, 0) is 30.3 Å². The highest BCUT2D eigenvalue weighted by molar-refractivity contribution is 7.21. The molecule has 2 aromatic carbocycles. The number of aromatic carboxylic acids is 1. The van der Waals surface area contributed by atoms with E-state index in [1.54, 1.807) is 29.0 Å². The van der Waals surface area contributed by atoms with Gasteiger partial charge in [0.15, 0.2) is 0 Å². The molecule has 0 aliphatic rings. The van der Waals surface area contributed by atoms with Crippen LogP contribution in [0, 0.1) is 0 Å². The first-order valence-corrected chi connectivity index (χ1v) is 8.09. The van der Waals surface area contributed by atoms with Crippen molar-refractivity contribution in [3.63, 3.8) is 0 Å². The topological polar surface area (TPSA) is 72.2 Å². The Morgan fingerprint density at radius 2 is 2.00 bits per heavy atom. The standard InChI is InChI=1S/C18H12N2O3S/c1-20-9-12(18(22)23)16(21)11-8-10(6-7-14(11)20)17-19-13-4-2-3-5-15(13)24-17/h2-9H,1H3,(H,22,23). The van der Waals surface area contributed by atoms with E-state index < -0.39 is 11.4 Å². The smallest absolute Gasteiger partial charge is 0.341 e. The fourth-order valence-corrected chi connectivity index (χ4v) is 3.74. The molecule has 24 heavy (non-hydrogen) atoms. The zero-order chi connectivity index (χ0) is 16.8. The number of pyridine rings is 1. The lowest BCUT2D eigenvalue weighted by Gasteiger charge is -2.08. The van der Waals surface area contributed by atoms with Gasteiger partial charge in [0.25, 0.3) is 0 Å². The molecule has 6 heteroatoms. The molecule has 0 aliphatic carbocycles. The third-order valence-electron chi connectivity index (χ3n) is 3.96. The van der Waals surface area contributed by atoms with Crippen molar-refractivity contribution < 1.29 is 9.90 Å². The Balaban J connectivity index is 1.99. The molecule has 0 atom stereocenters. The van der Waals surface area contributed by atoms with Crippen LogP contribution in [-0.4, -0.2) is 20.6 Å². The van der Waals surface area contributed by atoms with Crippen molar-refractivity contribution in [1.82, 2.24) is 9.55 Å². The monoisotopic (exact) mass is 336 g/mol. The largest absolute Gasteiger partial charge is 0.477 e. The van der Waals surface area contributed by atoms with E-state index in [-0.39, 0.29) is 5.56 Å². The molecule has 4 aromatic rings. The number of para-hydroxylation sites is 1. The van der Waals surface area contributed by atoms with Gasteiger partial charge in [-0.3, -0.25) is 4.79 Å². The summed E-state index contributed by atoms with van der Waals surface area (Å²) in [6.45, 7) is 0. The van der Waals surface area contributed by atoms with Crippen LogP contribution in [0.25, 0.3) is 31.7 Å². The van der Waals surface area contributed by atoms with E-state index in [9.17, 15) is 14.7 Å². The molecule has 118 valence electrons. The predicted molar refractivity (Wildman–Crippen MR) is 94.8 cm³/mol. The second-order valence-electron chi connectivity index (χ2n) is 5.51. The van der Waals surface area contributed by atoms with Gasteiger partial charge in [-0.15, -0.1) is 11.3 Å². The molecular formula is C18H12N2O3S. The molecule has 0 saturated heterocycles. The van der Waals surface area contributed by atoms with E-state index in [0.29, 0.717) is 10.9 Å². The maximum atomic E-state index is 12.5. The number of carbonyl (C=O) groups is 1. The predicted octanol–water partition coefficient (Wildman–Crippen LogP) is 3.51. The number of hydrogen-bond donors (Lipinski definition) is 1. The molecule has 0 spiro atoms. The summed E-state index contributed by atoms with van der Waals surface area (Å²) in [5.41, 5.74) is 1.70. The quantitative estimate of drug-likeness (QED) is 0.608. The average molecular weight is 336 g/mol. The summed E-state index contributed by atoms with van der Waals surface area (Å²) in [6.07, 6.45) is 1.35. The van der Waals surface area contributed by atoms with Crippen molar-refractivity contribution in [2.75, 3.05) is 0 Å². The fraction of sp³-hybridized carbons (Fsp3) is 0.0556. The van der Waals surface area contributed by atoms with E-state index >= 15 is 0 Å². The summed E-state index contributed by atoms with van der Waals surface area (Å²) in [5.74, 6) is -1.22. The Morgan fingerprint density at radius 3 is 2.75 bits per heavy atom. The summed E-state index contributed by atoms with van der Waals surface area (Å²) in [6, 6.07) is 13.3. The Hall–Kier alpha value is -2.99. The van der Waals surface area contributed by atoms with E-state index in [1.807, 2.05) is 36.4 Å². The lowest BCUT2D eigenvalue weighted by molar-refractivity contribution is 0.0695. The minimum atomic E-state index is -1.22. The van der Waals surface area contributed by atoms with Crippen molar-refractivity contribution >= 4 is 38.4 Å². The fourth-order valence-electron chi connectivity index (χ4n) is 2.77. The Bertz CT molecular complexity index is 1140. The Labute approximate surface area is 140 Å². The maximum absolute atomic E-state index is 12.5. The lowest BCUT2D eigenvalue weighted by atomic mass is 10.1. The summed E-state index contributed by atoms with van der Waals surface area (Å²) in [4.78, 5) is 28.3. The number of rotatable bonds is 2. The van der Waals surface area contributed by atoms with E-state index in [1.165, 1.54) is 6.20 Å². The third kappa shape index (κ3) is 2.19. The van der Waals surface area contributed by atoms with E-state index in [4.69, 9.17) is 0 Å². The number of carboxylic acids is 1. The van der Waals surface area contributed by atoms with Gasteiger partial charge in [0.05, 0.1) is 15.7 Å². The van der Waals surface area contributed by atoms with Gasteiger partial charge >= 0.3 is 5.97 Å². The molecular weight excluding hydrogens is 324 g/mol. The van der Waals surface area contributed by atoms with Crippen LogP contribution in [0.15, 0.2) is 53.5 Å². The number of benzene rings is 2. The zero-order valence-electron chi connectivity index (χ0n) is 12.7. The molecule has 0 fully saturated rings. The number of fused-ring (bicyclic) bond motifs is 2. The van der Waals surface area contributed by atoms with Crippen molar-refractivity contribution in [3.05, 3.63) is 64.4 Å². The molecule has 5 nitrogen and oxygen atoms in total. The van der Waals surface area contributed by atoms with Gasteiger partial charge in [0.2, 0.25) is 5.43 Å². The first-order valence-electron chi connectivity index (χ1n) is 7.27. The van der Waals surface area contributed by atoms with Crippen LogP contribution < -0.4 is 5.43 Å². The molecule has 0 aliphatic heterocycles. The van der Waals surface area contributed by atoms with Crippen LogP contribution in [0.4, 0.5) is 0 Å². The number of carboxylic acid groups (broad SMARTS) is 1. The van der Waals surface area contributed by atoms with E-state index in [2.05, 4.69) is 4.98 Å². The summed E-state index contributed by atoms with van der Waals surface area (Å²) in [5, 5.41) is 10.4. The minimum absolute atomic E-state index is 0.230. The second-order valence-corrected chi connectivity index (χ2v) is 6.54. The van der Waals surface area contributed by atoms with Gasteiger partial charge in [-0.25, -0.2) is 9.78 Å². The maximum Gasteiger partial charge on any atom is 0.341 e. The molecule has 0 radical (unpaired) electrons. The van der Waals surface area contributed by atoms with Crippen molar-refractivity contribution in [1.29, 1.82) is 0 Å². The van der Waals surface area contributed by atoms with E-state index in [0.717, 1.165) is 20.8 Å². The van der Waals surface area contributed by atoms with Gasteiger partial charge in [0.1, 0.15) is 10.6 Å². The third-order valence-corrected chi connectivity index (χ3v) is 5.05. The molecule has 2 aromatic heterocycles. The Kier molecular flexibility index (Phi) is 3.21. The van der Waals surface area contributed by atoms with Crippen LogP contribution in [0.3, 0.4) is 0 Å². The normalized spacial score (nSPS) is 11.2. The molecule has 0 saturated carbocycles. The molecule has 0 bridgehead atoms. The number of aromatic nitrogens is 2. The van der Waals surface area contributed by atoms with Crippen LogP contribution in [0.2, 0.25) is 0 Å². The van der Waals surface area contributed by atoms with Gasteiger partial charge in [-0.2, -0.15) is 0 Å². The van der Waals surface area contributed by atoms with Crippen LogP contribution >= 0.6 is 11.3 Å². The minimum Gasteiger partial charge on any atom is -0.477 e. The highest BCUT2D eigenvalue weighted by Crippen LogP contribution is 2.31. The highest BCUT2D eigenvalue weighted by Gasteiger charge is 2.15. The van der Waals surface area contributed by atoms with Gasteiger partial charge in [0, 0.05) is 24.2 Å². The van der Waals surface area contributed by atoms with Gasteiger partial charge < -0.3 is 9.67 Å². The number of nitrogens with zero attached hydrogens (tertiary/aromatic N) is 2. The van der Waals surface area contributed by atoms with Crippen molar-refractivity contribution in [2.24, 2.45) is 7.05 Å². The highest BCUT2D eigenvalue weighted by atomic mass is 32.1. The molecule has 0 unspecified atom stereocenters. The second kappa shape index (κ2) is 5.28. The summed E-state index contributed by atoms with van der Waals surface area (Å²) in [7, 11) is 1.73. The zero-order valence-corrected chi connectivity index (χ0v) is 13.5.